The van der Waals surface area contributed by atoms with Crippen LogP contribution in [0.5, 0.6) is 0 Å². The largest absolute Gasteiger partial charge is 0.395 e. The monoisotopic (exact) mass is 269 g/mol. The Balaban J connectivity index is 2.51. The third-order valence-electron chi connectivity index (χ3n) is 3.18. The normalized spacial score (nSPS) is 17.9. The van der Waals surface area contributed by atoms with Crippen LogP contribution < -0.4 is 5.32 Å². The fourth-order valence-electron chi connectivity index (χ4n) is 2.19. The number of nitrogens with one attached hydrogen (secondary N) is 1. The van der Waals surface area contributed by atoms with Gasteiger partial charge in [-0.15, -0.1) is 6.58 Å². The molecule has 19 heavy (non-hydrogen) atoms. The molecule has 1 aliphatic heterocycles. The van der Waals surface area contributed by atoms with Crippen LogP contribution in [0.4, 0.5) is 0 Å². The summed E-state index contributed by atoms with van der Waals surface area (Å²) < 4.78 is 0. The molecule has 1 atom stereocenters. The van der Waals surface area contributed by atoms with Gasteiger partial charge in [-0.1, -0.05) is 6.08 Å². The summed E-state index contributed by atoms with van der Waals surface area (Å²) >= 11 is 0. The Bertz CT molecular complexity index is 325. The smallest absolute Gasteiger partial charge is 0.245 e. The highest BCUT2D eigenvalue weighted by molar-refractivity contribution is 5.87. The summed E-state index contributed by atoms with van der Waals surface area (Å²) in [6.45, 7) is 8.58. The molecule has 1 saturated heterocycles. The Morgan fingerprint density at radius 1 is 1.37 bits per heavy atom. The molecular weight excluding hydrogens is 246 g/mol. The van der Waals surface area contributed by atoms with E-state index in [0.717, 1.165) is 13.1 Å². The van der Waals surface area contributed by atoms with Crippen LogP contribution in [0, 0.1) is 0 Å². The summed E-state index contributed by atoms with van der Waals surface area (Å²) in [7, 11) is 0. The number of aliphatic hydroxyl groups excluding tert-OH is 1. The number of hydrogen-bond acceptors (Lipinski definition) is 4. The minimum absolute atomic E-state index is 0.0567. The number of rotatable bonds is 6. The third-order valence-corrected chi connectivity index (χ3v) is 3.18. The second-order valence-electron chi connectivity index (χ2n) is 4.67. The average molecular weight is 269 g/mol. The van der Waals surface area contributed by atoms with Crippen molar-refractivity contribution in [3.8, 4) is 0 Å². The van der Waals surface area contributed by atoms with Crippen molar-refractivity contribution in [2.24, 2.45) is 0 Å². The molecule has 1 rings (SSSR count). The number of piperazine rings is 1. The first kappa shape index (κ1) is 15.7. The molecule has 0 saturated carbocycles. The van der Waals surface area contributed by atoms with Gasteiger partial charge in [-0.2, -0.15) is 0 Å². The molecule has 0 spiro atoms. The maximum Gasteiger partial charge on any atom is 0.245 e. The first-order chi connectivity index (χ1) is 9.08. The van der Waals surface area contributed by atoms with E-state index in [0.29, 0.717) is 26.1 Å². The van der Waals surface area contributed by atoms with Crippen LogP contribution >= 0.6 is 0 Å². The Kier molecular flexibility index (Phi) is 6.52. The van der Waals surface area contributed by atoms with Gasteiger partial charge in [0.05, 0.1) is 6.61 Å². The molecule has 0 aromatic heterocycles. The van der Waals surface area contributed by atoms with Crippen molar-refractivity contribution in [3.05, 3.63) is 12.7 Å². The number of aliphatic hydroxyl groups is 1. The zero-order valence-corrected chi connectivity index (χ0v) is 11.5. The number of carbonyl (C=O) groups excluding carboxylic acids is 2. The minimum Gasteiger partial charge on any atom is -0.395 e. The lowest BCUT2D eigenvalue weighted by molar-refractivity contribution is -0.137. The second-order valence-corrected chi connectivity index (χ2v) is 4.67. The van der Waals surface area contributed by atoms with Crippen LogP contribution in [0.2, 0.25) is 0 Å². The van der Waals surface area contributed by atoms with Crippen molar-refractivity contribution in [2.75, 3.05) is 39.3 Å². The lowest BCUT2D eigenvalue weighted by atomic mass is 10.1. The predicted molar refractivity (Wildman–Crippen MR) is 72.5 cm³/mol. The van der Waals surface area contributed by atoms with E-state index in [9.17, 15) is 9.59 Å². The van der Waals surface area contributed by atoms with Crippen molar-refractivity contribution in [3.63, 3.8) is 0 Å². The number of hydrogen-bond donors (Lipinski definition) is 2. The number of nitrogens with zero attached hydrogens (tertiary/aromatic N) is 2. The van der Waals surface area contributed by atoms with E-state index in [-0.39, 0.29) is 18.4 Å². The van der Waals surface area contributed by atoms with E-state index in [1.54, 1.807) is 11.0 Å². The molecule has 6 heteroatoms. The Morgan fingerprint density at radius 2 is 2.00 bits per heavy atom. The zero-order valence-electron chi connectivity index (χ0n) is 11.5. The molecular formula is C13H23N3O3. The fourth-order valence-corrected chi connectivity index (χ4v) is 2.19. The maximum absolute atomic E-state index is 12.3. The molecule has 0 aromatic rings. The lowest BCUT2D eigenvalue weighted by Gasteiger charge is -2.36. The van der Waals surface area contributed by atoms with E-state index in [4.69, 9.17) is 5.11 Å². The van der Waals surface area contributed by atoms with E-state index in [1.165, 1.54) is 6.92 Å². The van der Waals surface area contributed by atoms with Gasteiger partial charge in [-0.3, -0.25) is 14.5 Å². The number of carbonyl (C=O) groups is 2. The highest BCUT2D eigenvalue weighted by Gasteiger charge is 2.26. The maximum atomic E-state index is 12.3. The van der Waals surface area contributed by atoms with Gasteiger partial charge in [0, 0.05) is 39.6 Å². The minimum atomic E-state index is -0.514. The standard InChI is InChI=1S/C13H23N3O3/c1-3-4-12(14-11(2)18)13(19)16-7-5-15(6-8-16)9-10-17/h3,12,17H,1,4-10H2,2H3,(H,14,18)/t12-/m0/s1. The van der Waals surface area contributed by atoms with Gasteiger partial charge in [0.2, 0.25) is 11.8 Å². The fraction of sp³-hybridized carbons (Fsp3) is 0.692. The van der Waals surface area contributed by atoms with Crippen molar-refractivity contribution in [1.29, 1.82) is 0 Å². The van der Waals surface area contributed by atoms with E-state index in [1.807, 2.05) is 0 Å². The van der Waals surface area contributed by atoms with Crippen molar-refractivity contribution in [1.82, 2.24) is 15.1 Å². The molecule has 6 nitrogen and oxygen atoms in total. The van der Waals surface area contributed by atoms with E-state index < -0.39 is 6.04 Å². The highest BCUT2D eigenvalue weighted by atomic mass is 16.3. The lowest BCUT2D eigenvalue weighted by Crippen LogP contribution is -2.54. The van der Waals surface area contributed by atoms with Crippen LogP contribution in [0.3, 0.4) is 0 Å². The SMILES string of the molecule is C=CC[C@H](NC(C)=O)C(=O)N1CCN(CCO)CC1. The zero-order chi connectivity index (χ0) is 14.3. The first-order valence-electron chi connectivity index (χ1n) is 6.58. The molecule has 0 unspecified atom stereocenters. The highest BCUT2D eigenvalue weighted by Crippen LogP contribution is 2.06. The van der Waals surface area contributed by atoms with Crippen LogP contribution in [-0.4, -0.2) is 72.1 Å². The molecule has 1 aliphatic rings. The summed E-state index contributed by atoms with van der Waals surface area (Å²) in [5.41, 5.74) is 0. The Morgan fingerprint density at radius 3 is 2.47 bits per heavy atom. The van der Waals surface area contributed by atoms with Crippen molar-refractivity contribution in [2.45, 2.75) is 19.4 Å². The summed E-state index contributed by atoms with van der Waals surface area (Å²) in [5.74, 6) is -0.266. The van der Waals surface area contributed by atoms with Gasteiger partial charge < -0.3 is 15.3 Å². The molecule has 2 N–H and O–H groups in total. The third kappa shape index (κ3) is 5.00. The van der Waals surface area contributed by atoms with Gasteiger partial charge in [0.15, 0.2) is 0 Å². The summed E-state index contributed by atoms with van der Waals surface area (Å²) in [4.78, 5) is 27.3. The van der Waals surface area contributed by atoms with Crippen LogP contribution in [-0.2, 0) is 9.59 Å². The summed E-state index contributed by atoms with van der Waals surface area (Å²) in [6.07, 6.45) is 2.08. The number of β-amino-alcohol motifs (C(OH)–C–C–N with tert-alkyl or cyclic N) is 1. The van der Waals surface area contributed by atoms with Crippen molar-refractivity contribution < 1.29 is 14.7 Å². The predicted octanol–water partition coefficient (Wildman–Crippen LogP) is -0.796. The topological polar surface area (TPSA) is 72.9 Å². The molecule has 0 radical (unpaired) electrons. The van der Waals surface area contributed by atoms with Gasteiger partial charge in [-0.25, -0.2) is 0 Å². The molecule has 108 valence electrons. The Hall–Kier alpha value is -1.40. The van der Waals surface area contributed by atoms with Gasteiger partial charge in [-0.05, 0) is 6.42 Å². The quantitative estimate of drug-likeness (QED) is 0.620. The summed E-state index contributed by atoms with van der Waals surface area (Å²) in [5, 5.41) is 11.5. The van der Waals surface area contributed by atoms with Crippen molar-refractivity contribution >= 4 is 11.8 Å². The van der Waals surface area contributed by atoms with Gasteiger partial charge in [0.1, 0.15) is 6.04 Å². The van der Waals surface area contributed by atoms with Crippen LogP contribution in [0.25, 0.3) is 0 Å². The van der Waals surface area contributed by atoms with E-state index >= 15 is 0 Å². The first-order valence-corrected chi connectivity index (χ1v) is 6.58. The molecule has 0 bridgehead atoms. The molecule has 1 heterocycles. The average Bonchev–Trinajstić information content (AvgIpc) is 2.38. The van der Waals surface area contributed by atoms with Gasteiger partial charge in [0.25, 0.3) is 0 Å². The van der Waals surface area contributed by atoms with E-state index in [2.05, 4.69) is 16.8 Å². The second kappa shape index (κ2) is 7.91. The molecule has 0 aliphatic carbocycles. The van der Waals surface area contributed by atoms with Crippen LogP contribution in [0.1, 0.15) is 13.3 Å². The molecule has 2 amide bonds. The Labute approximate surface area is 114 Å². The van der Waals surface area contributed by atoms with Gasteiger partial charge >= 0.3 is 0 Å². The summed E-state index contributed by atoms with van der Waals surface area (Å²) in [6, 6.07) is -0.514. The molecule has 1 fully saturated rings. The molecule has 0 aromatic carbocycles. The van der Waals surface area contributed by atoms with Crippen LogP contribution in [0.15, 0.2) is 12.7 Å². The number of amides is 2.